The maximum atomic E-state index is 5.79. The van der Waals surface area contributed by atoms with E-state index in [-0.39, 0.29) is 5.54 Å². The number of rotatable bonds is 6. The molecule has 1 rings (SSSR count). The van der Waals surface area contributed by atoms with Crippen molar-refractivity contribution in [3.05, 3.63) is 23.0 Å². The fourth-order valence-electron chi connectivity index (χ4n) is 1.90. The van der Waals surface area contributed by atoms with E-state index >= 15 is 0 Å². The molecule has 1 aromatic heterocycles. The van der Waals surface area contributed by atoms with Crippen molar-refractivity contribution in [2.45, 2.75) is 46.2 Å². The first-order valence-corrected chi connectivity index (χ1v) is 6.75. The van der Waals surface area contributed by atoms with Gasteiger partial charge in [-0.15, -0.1) is 11.6 Å². The average molecular weight is 271 g/mol. The lowest BCUT2D eigenvalue weighted by atomic mass is 10.0. The third-order valence-electron chi connectivity index (χ3n) is 3.20. The van der Waals surface area contributed by atoms with Crippen molar-refractivity contribution >= 4 is 11.6 Å². The normalized spacial score (nSPS) is 11.7. The molecule has 0 unspecified atom stereocenters. The second-order valence-electron chi connectivity index (χ2n) is 5.22. The SMILES string of the molecule is COc1c(C)cnc(CNC(C)(C)CCCl)c1C. The summed E-state index contributed by atoms with van der Waals surface area (Å²) in [6.07, 6.45) is 2.79. The van der Waals surface area contributed by atoms with Crippen LogP contribution >= 0.6 is 11.6 Å². The molecule has 102 valence electrons. The van der Waals surface area contributed by atoms with Gasteiger partial charge < -0.3 is 10.1 Å². The largest absolute Gasteiger partial charge is 0.496 e. The van der Waals surface area contributed by atoms with Crippen LogP contribution in [-0.2, 0) is 6.54 Å². The number of nitrogens with zero attached hydrogens (tertiary/aromatic N) is 1. The van der Waals surface area contributed by atoms with Crippen molar-refractivity contribution in [3.63, 3.8) is 0 Å². The molecule has 0 aliphatic heterocycles. The van der Waals surface area contributed by atoms with Crippen LogP contribution in [0.2, 0.25) is 0 Å². The van der Waals surface area contributed by atoms with E-state index in [1.54, 1.807) is 7.11 Å². The Morgan fingerprint density at radius 1 is 1.39 bits per heavy atom. The van der Waals surface area contributed by atoms with Gasteiger partial charge in [0, 0.05) is 35.3 Å². The summed E-state index contributed by atoms with van der Waals surface area (Å²) < 4.78 is 5.41. The summed E-state index contributed by atoms with van der Waals surface area (Å²) in [6, 6.07) is 0. The highest BCUT2D eigenvalue weighted by molar-refractivity contribution is 6.17. The average Bonchev–Trinajstić information content (AvgIpc) is 2.28. The van der Waals surface area contributed by atoms with E-state index < -0.39 is 0 Å². The lowest BCUT2D eigenvalue weighted by Crippen LogP contribution is -2.39. The number of hydrogen-bond acceptors (Lipinski definition) is 3. The molecule has 0 fully saturated rings. The molecule has 0 aliphatic rings. The lowest BCUT2D eigenvalue weighted by molar-refractivity contribution is 0.371. The van der Waals surface area contributed by atoms with Crippen molar-refractivity contribution in [1.82, 2.24) is 10.3 Å². The summed E-state index contributed by atoms with van der Waals surface area (Å²) in [5, 5.41) is 3.49. The first kappa shape index (κ1) is 15.3. The van der Waals surface area contributed by atoms with E-state index in [9.17, 15) is 0 Å². The molecule has 1 N–H and O–H groups in total. The van der Waals surface area contributed by atoms with E-state index in [0.717, 1.165) is 35.5 Å². The van der Waals surface area contributed by atoms with E-state index in [4.69, 9.17) is 16.3 Å². The third-order valence-corrected chi connectivity index (χ3v) is 3.39. The molecule has 0 amide bonds. The van der Waals surface area contributed by atoms with Crippen molar-refractivity contribution in [2.24, 2.45) is 0 Å². The maximum Gasteiger partial charge on any atom is 0.128 e. The fourth-order valence-corrected chi connectivity index (χ4v) is 2.37. The van der Waals surface area contributed by atoms with E-state index in [0.29, 0.717) is 5.88 Å². The molecule has 4 heteroatoms. The zero-order valence-electron chi connectivity index (χ0n) is 11.9. The first-order valence-electron chi connectivity index (χ1n) is 6.21. The van der Waals surface area contributed by atoms with Crippen LogP contribution in [0.25, 0.3) is 0 Å². The summed E-state index contributed by atoms with van der Waals surface area (Å²) >= 11 is 5.79. The monoisotopic (exact) mass is 270 g/mol. The van der Waals surface area contributed by atoms with Crippen LogP contribution in [0.3, 0.4) is 0 Å². The number of aryl methyl sites for hydroxylation is 1. The molecule has 0 atom stereocenters. The summed E-state index contributed by atoms with van der Waals surface area (Å²) in [4.78, 5) is 4.47. The zero-order valence-corrected chi connectivity index (χ0v) is 12.7. The molecule has 18 heavy (non-hydrogen) atoms. The number of halogens is 1. The quantitative estimate of drug-likeness (QED) is 0.806. The summed E-state index contributed by atoms with van der Waals surface area (Å²) in [6.45, 7) is 9.08. The Morgan fingerprint density at radius 2 is 2.06 bits per heavy atom. The Hall–Kier alpha value is -0.800. The highest BCUT2D eigenvalue weighted by Crippen LogP contribution is 2.24. The Kier molecular flexibility index (Phi) is 5.42. The van der Waals surface area contributed by atoms with Gasteiger partial charge in [0.25, 0.3) is 0 Å². The van der Waals surface area contributed by atoms with Gasteiger partial charge in [0.2, 0.25) is 0 Å². The van der Waals surface area contributed by atoms with E-state index in [1.165, 1.54) is 0 Å². The highest BCUT2D eigenvalue weighted by Gasteiger charge is 2.17. The fraction of sp³-hybridized carbons (Fsp3) is 0.643. The van der Waals surface area contributed by atoms with Crippen molar-refractivity contribution in [1.29, 1.82) is 0 Å². The molecule has 1 aromatic rings. The van der Waals surface area contributed by atoms with Crippen molar-refractivity contribution in [3.8, 4) is 5.75 Å². The molecule has 3 nitrogen and oxygen atoms in total. The zero-order chi connectivity index (χ0) is 13.8. The number of pyridine rings is 1. The van der Waals surface area contributed by atoms with Crippen LogP contribution in [0.5, 0.6) is 5.75 Å². The molecule has 1 heterocycles. The first-order chi connectivity index (χ1) is 8.41. The lowest BCUT2D eigenvalue weighted by Gasteiger charge is -2.26. The van der Waals surface area contributed by atoms with E-state index in [1.807, 2.05) is 20.0 Å². The van der Waals surface area contributed by atoms with Crippen LogP contribution in [0.4, 0.5) is 0 Å². The van der Waals surface area contributed by atoms with Gasteiger partial charge >= 0.3 is 0 Å². The summed E-state index contributed by atoms with van der Waals surface area (Å²) in [5.74, 6) is 1.58. The molecular formula is C14H23ClN2O. The Morgan fingerprint density at radius 3 is 2.61 bits per heavy atom. The van der Waals surface area contributed by atoms with Gasteiger partial charge in [-0.2, -0.15) is 0 Å². The Balaban J connectivity index is 2.80. The van der Waals surface area contributed by atoms with Crippen LogP contribution in [0, 0.1) is 13.8 Å². The number of hydrogen-bond donors (Lipinski definition) is 1. The van der Waals surface area contributed by atoms with Gasteiger partial charge in [-0.05, 0) is 34.1 Å². The second kappa shape index (κ2) is 6.39. The Labute approximate surface area is 115 Å². The van der Waals surface area contributed by atoms with Crippen LogP contribution < -0.4 is 10.1 Å². The van der Waals surface area contributed by atoms with Gasteiger partial charge in [0.15, 0.2) is 0 Å². The summed E-state index contributed by atoms with van der Waals surface area (Å²) in [5.41, 5.74) is 3.22. The topological polar surface area (TPSA) is 34.1 Å². The number of alkyl halides is 1. The molecule has 0 aromatic carbocycles. The third kappa shape index (κ3) is 3.85. The predicted octanol–water partition coefficient (Wildman–Crippen LogP) is 3.20. The van der Waals surface area contributed by atoms with Crippen LogP contribution in [0.15, 0.2) is 6.20 Å². The van der Waals surface area contributed by atoms with Gasteiger partial charge in [0.05, 0.1) is 12.8 Å². The Bertz CT molecular complexity index is 405. The minimum absolute atomic E-state index is 0.0218. The summed E-state index contributed by atoms with van der Waals surface area (Å²) in [7, 11) is 1.70. The van der Waals surface area contributed by atoms with Gasteiger partial charge in [0.1, 0.15) is 5.75 Å². The smallest absolute Gasteiger partial charge is 0.128 e. The predicted molar refractivity (Wildman–Crippen MR) is 76.5 cm³/mol. The van der Waals surface area contributed by atoms with Crippen LogP contribution in [-0.4, -0.2) is 23.5 Å². The van der Waals surface area contributed by atoms with Gasteiger partial charge in [-0.25, -0.2) is 0 Å². The standard InChI is InChI=1S/C14H23ClN2O/c1-10-8-16-12(11(2)13(10)18-5)9-17-14(3,4)6-7-15/h8,17H,6-7,9H2,1-5H3. The molecule has 0 spiro atoms. The second-order valence-corrected chi connectivity index (χ2v) is 5.60. The molecule has 0 bridgehead atoms. The molecule has 0 saturated heterocycles. The number of nitrogens with one attached hydrogen (secondary N) is 1. The van der Waals surface area contributed by atoms with Crippen molar-refractivity contribution < 1.29 is 4.74 Å². The van der Waals surface area contributed by atoms with Gasteiger partial charge in [-0.1, -0.05) is 0 Å². The molecule has 0 saturated carbocycles. The highest BCUT2D eigenvalue weighted by atomic mass is 35.5. The minimum Gasteiger partial charge on any atom is -0.496 e. The number of methoxy groups -OCH3 is 1. The number of ether oxygens (including phenoxy) is 1. The van der Waals surface area contributed by atoms with Crippen molar-refractivity contribution in [2.75, 3.05) is 13.0 Å². The van der Waals surface area contributed by atoms with Gasteiger partial charge in [-0.3, -0.25) is 4.98 Å². The number of aromatic nitrogens is 1. The van der Waals surface area contributed by atoms with Crippen LogP contribution in [0.1, 0.15) is 37.1 Å². The molecule has 0 radical (unpaired) electrons. The van der Waals surface area contributed by atoms with E-state index in [2.05, 4.69) is 24.1 Å². The molecule has 0 aliphatic carbocycles. The minimum atomic E-state index is 0.0218. The maximum absolute atomic E-state index is 5.79. The molecular weight excluding hydrogens is 248 g/mol.